The lowest BCUT2D eigenvalue weighted by atomic mass is 9.71. The minimum atomic E-state index is 0.373. The highest BCUT2D eigenvalue weighted by Gasteiger charge is 2.47. The van der Waals surface area contributed by atoms with Crippen molar-refractivity contribution in [2.75, 3.05) is 32.7 Å². The van der Waals surface area contributed by atoms with Crippen molar-refractivity contribution in [2.45, 2.75) is 45.4 Å². The number of rotatable bonds is 2. The summed E-state index contributed by atoms with van der Waals surface area (Å²) in [6.45, 7) is 8.01. The number of piperidine rings is 1. The minimum Gasteiger partial charge on any atom is -0.341 e. The van der Waals surface area contributed by atoms with Crippen molar-refractivity contribution in [1.82, 2.24) is 9.80 Å². The largest absolute Gasteiger partial charge is 0.341 e. The number of nitrogens with zero attached hydrogens (tertiary/aromatic N) is 2. The Kier molecular flexibility index (Phi) is 3.35. The van der Waals surface area contributed by atoms with Crippen LogP contribution >= 0.6 is 0 Å². The van der Waals surface area contributed by atoms with E-state index in [1.54, 1.807) is 0 Å². The third kappa shape index (κ3) is 2.18. The van der Waals surface area contributed by atoms with Gasteiger partial charge in [0.25, 0.3) is 0 Å². The maximum Gasteiger partial charge on any atom is 0.225 e. The zero-order valence-electron chi connectivity index (χ0n) is 11.7. The predicted molar refractivity (Wildman–Crippen MR) is 72.3 cm³/mol. The van der Waals surface area contributed by atoms with E-state index in [4.69, 9.17) is 0 Å². The number of likely N-dealkylation sites (tertiary alicyclic amines) is 2. The van der Waals surface area contributed by atoms with Gasteiger partial charge in [-0.1, -0.05) is 19.8 Å². The normalized spacial score (nSPS) is 28.6. The third-order valence-corrected chi connectivity index (χ3v) is 5.43. The molecule has 2 heterocycles. The summed E-state index contributed by atoms with van der Waals surface area (Å²) in [5.74, 6) is 0.842. The Morgan fingerprint density at radius 1 is 1.17 bits per heavy atom. The van der Waals surface area contributed by atoms with Crippen LogP contribution in [0.1, 0.15) is 45.4 Å². The van der Waals surface area contributed by atoms with Gasteiger partial charge >= 0.3 is 0 Å². The number of hydrogen-bond donors (Lipinski definition) is 0. The first-order valence-electron chi connectivity index (χ1n) is 7.74. The molecule has 1 aliphatic carbocycles. The molecule has 0 N–H and O–H groups in total. The molecule has 0 bridgehead atoms. The van der Waals surface area contributed by atoms with Crippen LogP contribution in [0.2, 0.25) is 0 Å². The van der Waals surface area contributed by atoms with Gasteiger partial charge in [-0.2, -0.15) is 0 Å². The van der Waals surface area contributed by atoms with Crippen molar-refractivity contribution < 1.29 is 4.79 Å². The van der Waals surface area contributed by atoms with Gasteiger partial charge in [0.1, 0.15) is 0 Å². The van der Waals surface area contributed by atoms with Gasteiger partial charge < -0.3 is 9.80 Å². The first kappa shape index (κ1) is 12.5. The second-order valence-electron chi connectivity index (χ2n) is 6.61. The first-order chi connectivity index (χ1) is 8.72. The molecule has 3 rings (SSSR count). The van der Waals surface area contributed by atoms with E-state index in [0.717, 1.165) is 25.9 Å². The zero-order valence-corrected chi connectivity index (χ0v) is 11.7. The Bertz CT molecular complexity index is 306. The highest BCUT2D eigenvalue weighted by atomic mass is 16.2. The lowest BCUT2D eigenvalue weighted by Gasteiger charge is -2.54. The zero-order chi connectivity index (χ0) is 12.6. The molecule has 0 aromatic carbocycles. The first-order valence-corrected chi connectivity index (χ1v) is 7.74. The summed E-state index contributed by atoms with van der Waals surface area (Å²) in [4.78, 5) is 17.0. The summed E-state index contributed by atoms with van der Waals surface area (Å²) in [5.41, 5.74) is 0.500. The van der Waals surface area contributed by atoms with Crippen LogP contribution in [0.4, 0.5) is 0 Å². The standard InChI is InChI=1S/C15H26N2O/c1-2-16-9-7-15(8-10-16)11-17(12-15)14(18)13-5-3-4-6-13/h13H,2-12H2,1H3. The molecule has 2 aliphatic heterocycles. The molecule has 18 heavy (non-hydrogen) atoms. The average Bonchev–Trinajstić information content (AvgIpc) is 2.89. The van der Waals surface area contributed by atoms with Gasteiger partial charge in [-0.05, 0) is 45.3 Å². The molecule has 1 spiro atoms. The van der Waals surface area contributed by atoms with Crippen molar-refractivity contribution in [1.29, 1.82) is 0 Å². The van der Waals surface area contributed by atoms with Crippen molar-refractivity contribution in [3.8, 4) is 0 Å². The van der Waals surface area contributed by atoms with Crippen molar-refractivity contribution in [3.05, 3.63) is 0 Å². The summed E-state index contributed by atoms with van der Waals surface area (Å²) < 4.78 is 0. The van der Waals surface area contributed by atoms with Gasteiger partial charge in [-0.3, -0.25) is 4.79 Å². The molecule has 1 saturated carbocycles. The van der Waals surface area contributed by atoms with Crippen LogP contribution in [0.15, 0.2) is 0 Å². The van der Waals surface area contributed by atoms with Crippen molar-refractivity contribution in [3.63, 3.8) is 0 Å². The molecule has 3 fully saturated rings. The second-order valence-corrected chi connectivity index (χ2v) is 6.61. The highest BCUT2D eigenvalue weighted by molar-refractivity contribution is 5.80. The molecule has 0 atom stereocenters. The van der Waals surface area contributed by atoms with Crippen LogP contribution in [-0.2, 0) is 4.79 Å². The molecule has 0 aromatic rings. The summed E-state index contributed by atoms with van der Waals surface area (Å²) in [6.07, 6.45) is 7.42. The van der Waals surface area contributed by atoms with E-state index in [9.17, 15) is 4.79 Å². The molecular weight excluding hydrogens is 224 g/mol. The third-order valence-electron chi connectivity index (χ3n) is 5.43. The van der Waals surface area contributed by atoms with Gasteiger partial charge in [-0.25, -0.2) is 0 Å². The summed E-state index contributed by atoms with van der Waals surface area (Å²) in [5, 5.41) is 0. The van der Waals surface area contributed by atoms with Crippen molar-refractivity contribution in [2.24, 2.45) is 11.3 Å². The van der Waals surface area contributed by atoms with E-state index < -0.39 is 0 Å². The van der Waals surface area contributed by atoms with E-state index in [1.165, 1.54) is 45.3 Å². The highest BCUT2D eigenvalue weighted by Crippen LogP contribution is 2.42. The molecule has 1 amide bonds. The Labute approximate surface area is 111 Å². The fourth-order valence-electron chi connectivity index (χ4n) is 4.01. The van der Waals surface area contributed by atoms with Gasteiger partial charge in [0.05, 0.1) is 0 Å². The van der Waals surface area contributed by atoms with Gasteiger partial charge in [0.15, 0.2) is 0 Å². The summed E-state index contributed by atoms with van der Waals surface area (Å²) in [6, 6.07) is 0. The Morgan fingerprint density at radius 2 is 1.78 bits per heavy atom. The number of carbonyl (C=O) groups is 1. The molecule has 0 radical (unpaired) electrons. The van der Waals surface area contributed by atoms with Crippen molar-refractivity contribution >= 4 is 5.91 Å². The molecule has 3 nitrogen and oxygen atoms in total. The molecular formula is C15H26N2O. The Hall–Kier alpha value is -0.570. The number of amides is 1. The average molecular weight is 250 g/mol. The van der Waals surface area contributed by atoms with Crippen LogP contribution in [0.3, 0.4) is 0 Å². The molecule has 0 unspecified atom stereocenters. The maximum absolute atomic E-state index is 12.3. The number of carbonyl (C=O) groups excluding carboxylic acids is 1. The van der Waals surface area contributed by atoms with Gasteiger partial charge in [0, 0.05) is 24.4 Å². The van der Waals surface area contributed by atoms with E-state index in [1.807, 2.05) is 0 Å². The van der Waals surface area contributed by atoms with Crippen LogP contribution in [0.25, 0.3) is 0 Å². The van der Waals surface area contributed by atoms with Crippen LogP contribution < -0.4 is 0 Å². The fraction of sp³-hybridized carbons (Fsp3) is 0.933. The maximum atomic E-state index is 12.3. The van der Waals surface area contributed by atoms with Crippen LogP contribution in [0.5, 0.6) is 0 Å². The summed E-state index contributed by atoms with van der Waals surface area (Å²) in [7, 11) is 0. The van der Waals surface area contributed by atoms with Gasteiger partial charge in [-0.15, -0.1) is 0 Å². The minimum absolute atomic E-state index is 0.373. The smallest absolute Gasteiger partial charge is 0.225 e. The monoisotopic (exact) mass is 250 g/mol. The van der Waals surface area contributed by atoms with E-state index in [-0.39, 0.29) is 0 Å². The topological polar surface area (TPSA) is 23.6 Å². The molecule has 0 aromatic heterocycles. The second kappa shape index (κ2) is 4.84. The number of hydrogen-bond acceptors (Lipinski definition) is 2. The fourth-order valence-corrected chi connectivity index (χ4v) is 4.01. The Balaban J connectivity index is 1.49. The Morgan fingerprint density at radius 3 is 2.33 bits per heavy atom. The summed E-state index contributed by atoms with van der Waals surface area (Å²) >= 11 is 0. The predicted octanol–water partition coefficient (Wildman–Crippen LogP) is 2.12. The quantitative estimate of drug-likeness (QED) is 0.749. The van der Waals surface area contributed by atoms with E-state index in [2.05, 4.69) is 16.7 Å². The van der Waals surface area contributed by atoms with Crippen LogP contribution in [-0.4, -0.2) is 48.4 Å². The van der Waals surface area contributed by atoms with Gasteiger partial charge in [0.2, 0.25) is 5.91 Å². The van der Waals surface area contributed by atoms with Crippen LogP contribution in [0, 0.1) is 11.3 Å². The lowest BCUT2D eigenvalue weighted by molar-refractivity contribution is -0.151. The lowest BCUT2D eigenvalue weighted by Crippen LogP contribution is -2.62. The van der Waals surface area contributed by atoms with E-state index in [0.29, 0.717) is 17.2 Å². The molecule has 102 valence electrons. The molecule has 2 saturated heterocycles. The SMILES string of the molecule is CCN1CCC2(CC1)CN(C(=O)C1CCCC1)C2. The molecule has 3 aliphatic rings. The van der Waals surface area contributed by atoms with E-state index >= 15 is 0 Å². The molecule has 3 heteroatoms.